The SMILES string of the molecule is CCCC(=O)N1CCN(C(=O)Cc2c[nH]c3ccccc23)CC1. The number of hydrogen-bond donors (Lipinski definition) is 1. The number of aromatic amines is 1. The highest BCUT2D eigenvalue weighted by molar-refractivity contribution is 5.89. The van der Waals surface area contributed by atoms with Crippen LogP contribution in [0.2, 0.25) is 0 Å². The van der Waals surface area contributed by atoms with Gasteiger partial charge in [0.2, 0.25) is 11.8 Å². The zero-order chi connectivity index (χ0) is 16.2. The summed E-state index contributed by atoms with van der Waals surface area (Å²) in [5, 5.41) is 1.11. The van der Waals surface area contributed by atoms with Crippen LogP contribution >= 0.6 is 0 Å². The maximum atomic E-state index is 12.5. The number of nitrogens with one attached hydrogen (secondary N) is 1. The maximum absolute atomic E-state index is 12.5. The molecule has 1 fully saturated rings. The van der Waals surface area contributed by atoms with Crippen molar-refractivity contribution in [2.24, 2.45) is 0 Å². The number of carbonyl (C=O) groups excluding carboxylic acids is 2. The van der Waals surface area contributed by atoms with Crippen molar-refractivity contribution in [3.05, 3.63) is 36.0 Å². The van der Waals surface area contributed by atoms with E-state index < -0.39 is 0 Å². The summed E-state index contributed by atoms with van der Waals surface area (Å²) in [6.07, 6.45) is 3.80. The van der Waals surface area contributed by atoms with Gasteiger partial charge in [0.15, 0.2) is 0 Å². The van der Waals surface area contributed by atoms with E-state index in [4.69, 9.17) is 0 Å². The molecule has 1 N–H and O–H groups in total. The number of para-hydroxylation sites is 1. The molecule has 2 amide bonds. The number of H-pyrrole nitrogens is 1. The molecule has 5 heteroatoms. The summed E-state index contributed by atoms with van der Waals surface area (Å²) in [4.78, 5) is 31.4. The first-order chi connectivity index (χ1) is 11.2. The van der Waals surface area contributed by atoms with Gasteiger partial charge in [-0.05, 0) is 18.1 Å². The lowest BCUT2D eigenvalue weighted by Gasteiger charge is -2.34. The Balaban J connectivity index is 1.59. The summed E-state index contributed by atoms with van der Waals surface area (Å²) >= 11 is 0. The Labute approximate surface area is 136 Å². The van der Waals surface area contributed by atoms with Crippen LogP contribution in [-0.2, 0) is 16.0 Å². The number of aromatic nitrogens is 1. The molecule has 1 aromatic heterocycles. The van der Waals surface area contributed by atoms with Crippen LogP contribution in [0.1, 0.15) is 25.3 Å². The second kappa shape index (κ2) is 6.86. The highest BCUT2D eigenvalue weighted by Gasteiger charge is 2.24. The van der Waals surface area contributed by atoms with Gasteiger partial charge in [-0.15, -0.1) is 0 Å². The molecule has 0 atom stereocenters. The first-order valence-corrected chi connectivity index (χ1v) is 8.29. The number of piperazine rings is 1. The van der Waals surface area contributed by atoms with Crippen LogP contribution in [0.15, 0.2) is 30.5 Å². The summed E-state index contributed by atoms with van der Waals surface area (Å²) in [5.74, 6) is 0.341. The van der Waals surface area contributed by atoms with Gasteiger partial charge in [-0.25, -0.2) is 0 Å². The number of carbonyl (C=O) groups is 2. The number of nitrogens with zero attached hydrogens (tertiary/aromatic N) is 2. The quantitative estimate of drug-likeness (QED) is 0.940. The molecule has 1 saturated heterocycles. The van der Waals surface area contributed by atoms with Crippen LogP contribution in [-0.4, -0.2) is 52.8 Å². The third kappa shape index (κ3) is 3.38. The first kappa shape index (κ1) is 15.6. The summed E-state index contributed by atoms with van der Waals surface area (Å²) in [6, 6.07) is 8.02. The molecule has 1 aliphatic rings. The minimum absolute atomic E-state index is 0.136. The summed E-state index contributed by atoms with van der Waals surface area (Å²) in [7, 11) is 0. The number of benzene rings is 1. The summed E-state index contributed by atoms with van der Waals surface area (Å²) < 4.78 is 0. The number of hydrogen-bond acceptors (Lipinski definition) is 2. The van der Waals surface area contributed by atoms with Crippen LogP contribution in [0.25, 0.3) is 10.9 Å². The van der Waals surface area contributed by atoms with Crippen LogP contribution in [0.4, 0.5) is 0 Å². The van der Waals surface area contributed by atoms with E-state index in [2.05, 4.69) is 4.98 Å². The molecule has 5 nitrogen and oxygen atoms in total. The molecule has 122 valence electrons. The van der Waals surface area contributed by atoms with Gasteiger partial charge < -0.3 is 14.8 Å². The second-order valence-electron chi connectivity index (χ2n) is 6.05. The zero-order valence-electron chi connectivity index (χ0n) is 13.5. The Morgan fingerprint density at radius 2 is 1.70 bits per heavy atom. The van der Waals surface area contributed by atoms with Crippen molar-refractivity contribution in [3.63, 3.8) is 0 Å². The molecule has 0 aliphatic carbocycles. The van der Waals surface area contributed by atoms with Crippen molar-refractivity contribution < 1.29 is 9.59 Å². The van der Waals surface area contributed by atoms with Gasteiger partial charge in [0, 0.05) is 49.7 Å². The van der Waals surface area contributed by atoms with E-state index in [9.17, 15) is 9.59 Å². The minimum Gasteiger partial charge on any atom is -0.361 e. The molecule has 1 aliphatic heterocycles. The molecule has 0 unspecified atom stereocenters. The first-order valence-electron chi connectivity index (χ1n) is 8.29. The lowest BCUT2D eigenvalue weighted by atomic mass is 10.1. The fourth-order valence-corrected chi connectivity index (χ4v) is 3.13. The molecule has 0 radical (unpaired) electrons. The Morgan fingerprint density at radius 3 is 2.39 bits per heavy atom. The topological polar surface area (TPSA) is 56.4 Å². The van der Waals surface area contributed by atoms with Crippen LogP contribution in [0, 0.1) is 0 Å². The summed E-state index contributed by atoms with van der Waals surface area (Å²) in [5.41, 5.74) is 2.10. The monoisotopic (exact) mass is 313 g/mol. The number of fused-ring (bicyclic) bond motifs is 1. The average Bonchev–Trinajstić information content (AvgIpc) is 2.98. The largest absolute Gasteiger partial charge is 0.361 e. The number of amides is 2. The van der Waals surface area contributed by atoms with E-state index in [1.54, 1.807) is 0 Å². The standard InChI is InChI=1S/C18H23N3O2/c1-2-5-17(22)20-8-10-21(11-9-20)18(23)12-14-13-19-16-7-4-3-6-15(14)16/h3-4,6-7,13,19H,2,5,8-12H2,1H3. The van der Waals surface area contributed by atoms with Gasteiger partial charge in [0.25, 0.3) is 0 Å². The maximum Gasteiger partial charge on any atom is 0.227 e. The van der Waals surface area contributed by atoms with Crippen molar-refractivity contribution in [2.45, 2.75) is 26.2 Å². The third-order valence-corrected chi connectivity index (χ3v) is 4.47. The predicted molar refractivity (Wildman–Crippen MR) is 90.1 cm³/mol. The van der Waals surface area contributed by atoms with E-state index in [1.807, 2.05) is 47.2 Å². The van der Waals surface area contributed by atoms with E-state index >= 15 is 0 Å². The second-order valence-corrected chi connectivity index (χ2v) is 6.05. The third-order valence-electron chi connectivity index (χ3n) is 4.47. The van der Waals surface area contributed by atoms with Gasteiger partial charge in [-0.3, -0.25) is 9.59 Å². The fourth-order valence-electron chi connectivity index (χ4n) is 3.13. The van der Waals surface area contributed by atoms with Crippen LogP contribution in [0.3, 0.4) is 0 Å². The van der Waals surface area contributed by atoms with E-state index in [1.165, 1.54) is 0 Å². The molecule has 0 bridgehead atoms. The predicted octanol–water partition coefficient (Wildman–Crippen LogP) is 2.18. The Bertz CT molecular complexity index is 699. The van der Waals surface area contributed by atoms with Crippen LogP contribution < -0.4 is 0 Å². The van der Waals surface area contributed by atoms with Crippen molar-refractivity contribution >= 4 is 22.7 Å². The Kier molecular flexibility index (Phi) is 4.65. The molecular weight excluding hydrogens is 290 g/mol. The van der Waals surface area contributed by atoms with Gasteiger partial charge in [-0.2, -0.15) is 0 Å². The average molecular weight is 313 g/mol. The number of rotatable bonds is 4. The minimum atomic E-state index is 0.136. The molecule has 0 saturated carbocycles. The summed E-state index contributed by atoms with van der Waals surface area (Å²) in [6.45, 7) is 4.59. The Morgan fingerprint density at radius 1 is 1.04 bits per heavy atom. The molecule has 0 spiro atoms. The van der Waals surface area contributed by atoms with Crippen molar-refractivity contribution in [1.29, 1.82) is 0 Å². The zero-order valence-corrected chi connectivity index (χ0v) is 13.5. The normalized spacial score (nSPS) is 15.2. The molecule has 1 aromatic carbocycles. The molecule has 23 heavy (non-hydrogen) atoms. The van der Waals surface area contributed by atoms with Crippen molar-refractivity contribution in [1.82, 2.24) is 14.8 Å². The van der Waals surface area contributed by atoms with Gasteiger partial charge in [0.1, 0.15) is 0 Å². The highest BCUT2D eigenvalue weighted by atomic mass is 16.2. The molecular formula is C18H23N3O2. The van der Waals surface area contributed by atoms with Crippen molar-refractivity contribution in [3.8, 4) is 0 Å². The fraction of sp³-hybridized carbons (Fsp3) is 0.444. The highest BCUT2D eigenvalue weighted by Crippen LogP contribution is 2.19. The smallest absolute Gasteiger partial charge is 0.227 e. The van der Waals surface area contributed by atoms with Gasteiger partial charge >= 0.3 is 0 Å². The van der Waals surface area contributed by atoms with Crippen molar-refractivity contribution in [2.75, 3.05) is 26.2 Å². The Hall–Kier alpha value is -2.30. The molecule has 2 aromatic rings. The van der Waals surface area contributed by atoms with E-state index in [0.717, 1.165) is 22.9 Å². The molecule has 2 heterocycles. The molecule has 3 rings (SSSR count). The van der Waals surface area contributed by atoms with Gasteiger partial charge in [0.05, 0.1) is 6.42 Å². The van der Waals surface area contributed by atoms with E-state index in [0.29, 0.717) is 39.0 Å². The van der Waals surface area contributed by atoms with E-state index in [-0.39, 0.29) is 11.8 Å². The lowest BCUT2D eigenvalue weighted by Crippen LogP contribution is -2.50. The lowest BCUT2D eigenvalue weighted by molar-refractivity contribution is -0.139. The van der Waals surface area contributed by atoms with Gasteiger partial charge in [-0.1, -0.05) is 25.1 Å². The van der Waals surface area contributed by atoms with Crippen LogP contribution in [0.5, 0.6) is 0 Å².